The summed E-state index contributed by atoms with van der Waals surface area (Å²) in [4.78, 5) is 22.5. The fraction of sp³-hybridized carbons (Fsp3) is 0.429. The normalized spacial score (nSPS) is 22.8. The summed E-state index contributed by atoms with van der Waals surface area (Å²) in [6.07, 6.45) is 2.53. The van der Waals surface area contributed by atoms with Crippen molar-refractivity contribution in [2.24, 2.45) is 11.8 Å². The van der Waals surface area contributed by atoms with Crippen LogP contribution in [0.4, 0.5) is 0 Å². The summed E-state index contributed by atoms with van der Waals surface area (Å²) in [6, 6.07) is 7.97. The second-order valence-electron chi connectivity index (χ2n) is 7.93. The summed E-state index contributed by atoms with van der Waals surface area (Å²) in [5, 5.41) is 4.14. The number of hydrogen-bond donors (Lipinski definition) is 0. The zero-order valence-electron chi connectivity index (χ0n) is 16.5. The minimum absolute atomic E-state index is 0.0687. The van der Waals surface area contributed by atoms with Crippen LogP contribution in [-0.2, 0) is 0 Å². The van der Waals surface area contributed by atoms with Crippen molar-refractivity contribution in [3.63, 3.8) is 0 Å². The molecule has 1 fully saturated rings. The Morgan fingerprint density at radius 2 is 1.89 bits per heavy atom. The highest BCUT2D eigenvalue weighted by Crippen LogP contribution is 2.52. The van der Waals surface area contributed by atoms with E-state index < -0.39 is 0 Å². The van der Waals surface area contributed by atoms with Gasteiger partial charge in [0.05, 0.1) is 11.0 Å². The molecule has 3 atom stereocenters. The van der Waals surface area contributed by atoms with Crippen LogP contribution in [0.25, 0.3) is 28.1 Å². The first-order valence-electron chi connectivity index (χ1n) is 9.87. The smallest absolute Gasteiger partial charge is 0.278 e. The average Bonchev–Trinajstić information content (AvgIpc) is 3.12. The summed E-state index contributed by atoms with van der Waals surface area (Å²) in [5.74, 6) is 2.40. The molecular formula is C21H23N5O2. The van der Waals surface area contributed by atoms with E-state index in [-0.39, 0.29) is 11.6 Å². The van der Waals surface area contributed by atoms with Crippen LogP contribution >= 0.6 is 0 Å². The van der Waals surface area contributed by atoms with E-state index in [0.29, 0.717) is 40.7 Å². The Kier molecular flexibility index (Phi) is 3.69. The lowest BCUT2D eigenvalue weighted by Gasteiger charge is -2.17. The molecule has 0 N–H and O–H groups in total. The molecule has 3 heterocycles. The summed E-state index contributed by atoms with van der Waals surface area (Å²) in [7, 11) is 0. The van der Waals surface area contributed by atoms with Crippen LogP contribution in [0.2, 0.25) is 0 Å². The van der Waals surface area contributed by atoms with Crippen LogP contribution in [0.5, 0.6) is 0 Å². The number of fused-ring (bicyclic) bond motifs is 3. The van der Waals surface area contributed by atoms with Gasteiger partial charge >= 0.3 is 0 Å². The van der Waals surface area contributed by atoms with E-state index in [9.17, 15) is 4.79 Å². The monoisotopic (exact) mass is 377 g/mol. The summed E-state index contributed by atoms with van der Waals surface area (Å²) in [5.41, 5.74) is 2.71. The van der Waals surface area contributed by atoms with Crippen LogP contribution in [-0.4, -0.2) is 24.1 Å². The minimum Gasteiger partial charge on any atom is -0.339 e. The largest absolute Gasteiger partial charge is 0.339 e. The van der Waals surface area contributed by atoms with Gasteiger partial charge < -0.3 is 9.09 Å². The van der Waals surface area contributed by atoms with E-state index >= 15 is 0 Å². The van der Waals surface area contributed by atoms with Gasteiger partial charge in [0.25, 0.3) is 5.56 Å². The number of benzene rings is 1. The first kappa shape index (κ1) is 17.2. The van der Waals surface area contributed by atoms with Gasteiger partial charge in [0.15, 0.2) is 0 Å². The van der Waals surface area contributed by atoms with Crippen molar-refractivity contribution in [1.29, 1.82) is 0 Å². The second-order valence-corrected chi connectivity index (χ2v) is 7.93. The standard InChI is InChI=1S/C21H23N5O2/c1-5-11(2)26-15-9-7-6-8-14(15)25-10-22-17(18(25)21(26)27)19-23-20(28-24-19)16-12(3)13(16)4/h6-13,16H,5H2,1-4H3. The van der Waals surface area contributed by atoms with Crippen molar-refractivity contribution < 1.29 is 4.52 Å². The van der Waals surface area contributed by atoms with E-state index in [2.05, 4.69) is 42.8 Å². The van der Waals surface area contributed by atoms with Crippen LogP contribution < -0.4 is 5.56 Å². The first-order chi connectivity index (χ1) is 13.5. The third-order valence-electron chi connectivity index (χ3n) is 6.38. The fourth-order valence-corrected chi connectivity index (χ4v) is 4.19. The number of aromatic nitrogens is 5. The van der Waals surface area contributed by atoms with Crippen LogP contribution in [0, 0.1) is 11.8 Å². The Hall–Kier alpha value is -2.96. The van der Waals surface area contributed by atoms with Crippen molar-refractivity contribution in [2.75, 3.05) is 0 Å². The molecule has 7 heteroatoms. The van der Waals surface area contributed by atoms with E-state index in [1.807, 2.05) is 33.2 Å². The maximum Gasteiger partial charge on any atom is 0.278 e. The van der Waals surface area contributed by atoms with Crippen molar-refractivity contribution in [2.45, 2.75) is 46.1 Å². The van der Waals surface area contributed by atoms with E-state index in [0.717, 1.165) is 17.5 Å². The maximum absolute atomic E-state index is 13.5. The topological polar surface area (TPSA) is 78.2 Å². The number of rotatable bonds is 4. The van der Waals surface area contributed by atoms with E-state index in [1.54, 1.807) is 6.33 Å². The van der Waals surface area contributed by atoms with Crippen LogP contribution in [0.1, 0.15) is 52.0 Å². The first-order valence-corrected chi connectivity index (χ1v) is 9.87. The van der Waals surface area contributed by atoms with Gasteiger partial charge in [-0.15, -0.1) is 0 Å². The van der Waals surface area contributed by atoms with Gasteiger partial charge in [-0.1, -0.05) is 38.1 Å². The molecule has 0 aliphatic heterocycles. The van der Waals surface area contributed by atoms with Crippen LogP contribution in [0.3, 0.4) is 0 Å². The molecule has 1 aliphatic carbocycles. The lowest BCUT2D eigenvalue weighted by molar-refractivity contribution is 0.374. The molecule has 1 aromatic carbocycles. The van der Waals surface area contributed by atoms with Crippen molar-refractivity contribution in [3.05, 3.63) is 46.8 Å². The third kappa shape index (κ3) is 2.28. The fourth-order valence-electron chi connectivity index (χ4n) is 4.19. The molecule has 0 saturated heterocycles. The Morgan fingerprint density at radius 1 is 1.18 bits per heavy atom. The molecule has 5 rings (SSSR count). The van der Waals surface area contributed by atoms with Crippen molar-refractivity contribution in [3.8, 4) is 11.5 Å². The Balaban J connectivity index is 1.76. The summed E-state index contributed by atoms with van der Waals surface area (Å²) < 4.78 is 9.20. The molecular weight excluding hydrogens is 354 g/mol. The lowest BCUT2D eigenvalue weighted by Crippen LogP contribution is -2.25. The Bertz CT molecular complexity index is 1240. The molecule has 0 amide bonds. The van der Waals surface area contributed by atoms with Crippen LogP contribution in [0.15, 0.2) is 39.9 Å². The molecule has 1 aliphatic rings. The second kappa shape index (κ2) is 6.02. The third-order valence-corrected chi connectivity index (χ3v) is 6.38. The van der Waals surface area contributed by atoms with E-state index in [1.165, 1.54) is 0 Å². The van der Waals surface area contributed by atoms with Crippen molar-refractivity contribution >= 4 is 16.6 Å². The number of para-hydroxylation sites is 2. The predicted molar refractivity (Wildman–Crippen MR) is 106 cm³/mol. The molecule has 0 radical (unpaired) electrons. The molecule has 28 heavy (non-hydrogen) atoms. The number of hydrogen-bond acceptors (Lipinski definition) is 5. The molecule has 3 aromatic heterocycles. The minimum atomic E-state index is -0.0833. The predicted octanol–water partition coefficient (Wildman–Crippen LogP) is 4.04. The zero-order chi connectivity index (χ0) is 19.6. The highest BCUT2D eigenvalue weighted by atomic mass is 16.5. The summed E-state index contributed by atoms with van der Waals surface area (Å²) in [6.45, 7) is 8.50. The van der Waals surface area contributed by atoms with Gasteiger partial charge in [0, 0.05) is 12.0 Å². The Morgan fingerprint density at radius 3 is 2.57 bits per heavy atom. The Labute approximate surface area is 162 Å². The molecule has 3 unspecified atom stereocenters. The van der Waals surface area contributed by atoms with Gasteiger partial charge in [0.2, 0.25) is 11.7 Å². The van der Waals surface area contributed by atoms with Gasteiger partial charge in [-0.2, -0.15) is 4.98 Å². The molecule has 7 nitrogen and oxygen atoms in total. The molecule has 4 aromatic rings. The van der Waals surface area contributed by atoms with Gasteiger partial charge in [-0.25, -0.2) is 4.98 Å². The molecule has 0 bridgehead atoms. The molecule has 144 valence electrons. The summed E-state index contributed by atoms with van der Waals surface area (Å²) >= 11 is 0. The lowest BCUT2D eigenvalue weighted by atomic mass is 10.2. The van der Waals surface area contributed by atoms with Gasteiger partial charge in [-0.05, 0) is 37.3 Å². The maximum atomic E-state index is 13.5. The molecule has 0 spiro atoms. The van der Waals surface area contributed by atoms with Crippen molar-refractivity contribution in [1.82, 2.24) is 24.1 Å². The van der Waals surface area contributed by atoms with E-state index in [4.69, 9.17) is 4.52 Å². The number of imidazole rings is 1. The highest BCUT2D eigenvalue weighted by molar-refractivity contribution is 5.83. The molecule has 1 saturated carbocycles. The van der Waals surface area contributed by atoms with Gasteiger partial charge in [0.1, 0.15) is 17.5 Å². The number of nitrogens with zero attached hydrogens (tertiary/aromatic N) is 5. The highest BCUT2D eigenvalue weighted by Gasteiger charge is 2.48. The zero-order valence-corrected chi connectivity index (χ0v) is 16.5. The van der Waals surface area contributed by atoms with Gasteiger partial charge in [-0.3, -0.25) is 9.20 Å². The SMILES string of the molecule is CCC(C)n1c(=O)c2c(-c3noc(C4C(C)C4C)n3)ncn2c2ccccc21. The quantitative estimate of drug-likeness (QED) is 0.536. The average molecular weight is 377 g/mol.